The van der Waals surface area contributed by atoms with Crippen LogP contribution in [0, 0.1) is 11.7 Å². The lowest BCUT2D eigenvalue weighted by atomic mass is 9.71. The zero-order chi connectivity index (χ0) is 25.8. The zero-order valence-electron chi connectivity index (χ0n) is 20.5. The van der Waals surface area contributed by atoms with Crippen molar-refractivity contribution in [2.24, 2.45) is 5.92 Å². The Hall–Kier alpha value is -3.30. The molecule has 1 spiro atoms. The maximum absolute atomic E-state index is 15.9. The molecule has 3 fully saturated rings. The van der Waals surface area contributed by atoms with Crippen LogP contribution in [0.3, 0.4) is 0 Å². The number of hydrogen-bond donors (Lipinski definition) is 1. The van der Waals surface area contributed by atoms with Crippen molar-refractivity contribution in [3.63, 3.8) is 0 Å². The molecule has 5 atom stereocenters. The fourth-order valence-corrected chi connectivity index (χ4v) is 8.73. The van der Waals surface area contributed by atoms with Crippen LogP contribution < -0.4 is 10.4 Å². The van der Waals surface area contributed by atoms with Crippen molar-refractivity contribution in [1.29, 1.82) is 0 Å². The number of aromatic nitrogens is 1. The molecule has 5 aliphatic heterocycles. The van der Waals surface area contributed by atoms with Gasteiger partial charge >= 0.3 is 0 Å². The normalized spacial score (nSPS) is 30.7. The van der Waals surface area contributed by atoms with E-state index in [0.29, 0.717) is 24.3 Å². The monoisotopic (exact) mass is 531 g/mol. The molecule has 1 aromatic heterocycles. The van der Waals surface area contributed by atoms with Crippen molar-refractivity contribution < 1.29 is 19.0 Å². The van der Waals surface area contributed by atoms with Gasteiger partial charge in [-0.1, -0.05) is 30.3 Å². The van der Waals surface area contributed by atoms with Crippen LogP contribution in [0.25, 0.3) is 0 Å². The Kier molecular flexibility index (Phi) is 4.69. The molecule has 3 aromatic rings. The van der Waals surface area contributed by atoms with Gasteiger partial charge in [-0.25, -0.2) is 4.39 Å². The molecule has 5 aliphatic rings. The summed E-state index contributed by atoms with van der Waals surface area (Å²) in [6, 6.07) is 13.9. The van der Waals surface area contributed by atoms with Gasteiger partial charge in [-0.2, -0.15) is 0 Å². The number of aromatic hydroxyl groups is 1. The predicted molar refractivity (Wildman–Crippen MR) is 139 cm³/mol. The standard InChI is InChI=1S/C29H26FN3O4S/c30-20-6-3-4-16-15-38-22-7-2-1-5-18(22)24(23(16)20)33-27-19-14-17-8-10-29(19,37-17)11-13-31(27)28(36)25-26(35)21(34)9-12-32(25)33/h1-7,9,12,17,19,24,27,35H,8,10-11,13-15H2/t17-,19+,24+,27+,29-/m0/s1. The fraction of sp³-hybridized carbons (Fsp3) is 0.379. The second-order valence-corrected chi connectivity index (χ2v) is 12.0. The van der Waals surface area contributed by atoms with E-state index in [1.54, 1.807) is 33.6 Å². The Labute approximate surface area is 222 Å². The molecule has 38 heavy (non-hydrogen) atoms. The molecular formula is C29H26FN3O4S. The summed E-state index contributed by atoms with van der Waals surface area (Å²) in [6.07, 6.45) is 4.78. The van der Waals surface area contributed by atoms with Crippen LogP contribution in [0.5, 0.6) is 5.75 Å². The summed E-state index contributed by atoms with van der Waals surface area (Å²) in [5.74, 6) is -0.621. The molecule has 2 bridgehead atoms. The number of rotatable bonds is 1. The minimum Gasteiger partial charge on any atom is -0.502 e. The Bertz CT molecular complexity index is 1580. The highest BCUT2D eigenvalue weighted by molar-refractivity contribution is 7.98. The number of halogens is 1. The van der Waals surface area contributed by atoms with Crippen LogP contribution in [0.15, 0.2) is 64.4 Å². The van der Waals surface area contributed by atoms with Crippen molar-refractivity contribution in [2.75, 3.05) is 11.6 Å². The highest BCUT2D eigenvalue weighted by atomic mass is 32.2. The summed E-state index contributed by atoms with van der Waals surface area (Å²) in [5, 5.41) is 13.0. The molecule has 0 saturated carbocycles. The molecule has 8 rings (SSSR count). The molecule has 2 aromatic carbocycles. The van der Waals surface area contributed by atoms with Crippen molar-refractivity contribution in [2.45, 2.75) is 60.2 Å². The Morgan fingerprint density at radius 3 is 2.82 bits per heavy atom. The molecule has 9 heteroatoms. The summed E-state index contributed by atoms with van der Waals surface area (Å²) in [6.45, 7) is 0.443. The van der Waals surface area contributed by atoms with E-state index < -0.39 is 23.4 Å². The van der Waals surface area contributed by atoms with Gasteiger partial charge in [-0.15, -0.1) is 11.8 Å². The number of nitrogens with zero attached hydrogens (tertiary/aromatic N) is 3. The fourth-order valence-electron chi connectivity index (χ4n) is 7.65. The van der Waals surface area contributed by atoms with Gasteiger partial charge in [0, 0.05) is 40.9 Å². The molecule has 3 saturated heterocycles. The topological polar surface area (TPSA) is 75.0 Å². The second kappa shape index (κ2) is 7.86. The van der Waals surface area contributed by atoms with E-state index in [9.17, 15) is 14.7 Å². The summed E-state index contributed by atoms with van der Waals surface area (Å²) >= 11 is 1.67. The minimum absolute atomic E-state index is 0.0203. The van der Waals surface area contributed by atoms with Gasteiger partial charge in [-0.3, -0.25) is 19.3 Å². The maximum atomic E-state index is 15.9. The highest BCUT2D eigenvalue weighted by Crippen LogP contribution is 2.57. The number of hydrogen-bond acceptors (Lipinski definition) is 6. The maximum Gasteiger partial charge on any atom is 0.278 e. The predicted octanol–water partition coefficient (Wildman–Crippen LogP) is 4.15. The van der Waals surface area contributed by atoms with Crippen LogP contribution in [0.4, 0.5) is 4.39 Å². The number of carbonyl (C=O) groups is 1. The molecule has 0 unspecified atom stereocenters. The van der Waals surface area contributed by atoms with Crippen LogP contribution in [0.2, 0.25) is 0 Å². The van der Waals surface area contributed by atoms with Crippen molar-refractivity contribution in [3.05, 3.63) is 93.2 Å². The lowest BCUT2D eigenvalue weighted by Gasteiger charge is -2.57. The van der Waals surface area contributed by atoms with Gasteiger partial charge in [0.1, 0.15) is 18.0 Å². The molecule has 7 nitrogen and oxygen atoms in total. The zero-order valence-corrected chi connectivity index (χ0v) is 21.4. The number of carbonyl (C=O) groups excluding carboxylic acids is 1. The van der Waals surface area contributed by atoms with Crippen LogP contribution in [0.1, 0.15) is 58.9 Å². The van der Waals surface area contributed by atoms with E-state index in [1.807, 2.05) is 24.3 Å². The van der Waals surface area contributed by atoms with E-state index in [2.05, 4.69) is 11.1 Å². The first kappa shape index (κ1) is 22.7. The first-order valence-corrected chi connectivity index (χ1v) is 14.2. The molecule has 1 N–H and O–H groups in total. The number of amides is 1. The summed E-state index contributed by atoms with van der Waals surface area (Å²) in [5.41, 5.74) is 1.39. The number of fused-ring (bicyclic) bond motifs is 6. The number of pyridine rings is 1. The third kappa shape index (κ3) is 2.89. The number of thioether (sulfide) groups is 1. The van der Waals surface area contributed by atoms with Gasteiger partial charge < -0.3 is 14.7 Å². The SMILES string of the molecule is O=C1c2c(O)c(=O)ccn2N([C@@H]2c3ccccc3SCc3cccc(F)c32)[C@@H]2[C@H]3C[C@@H]4CC[C@@]3(CCN12)O4. The number of benzene rings is 2. The quantitative estimate of drug-likeness (QED) is 0.509. The van der Waals surface area contributed by atoms with Gasteiger partial charge in [0.15, 0.2) is 11.4 Å². The Balaban J connectivity index is 1.44. The third-order valence-electron chi connectivity index (χ3n) is 9.25. The molecule has 1 amide bonds. The van der Waals surface area contributed by atoms with E-state index in [1.165, 1.54) is 12.1 Å². The van der Waals surface area contributed by atoms with E-state index >= 15 is 4.39 Å². The highest BCUT2D eigenvalue weighted by Gasteiger charge is 2.63. The van der Waals surface area contributed by atoms with Crippen LogP contribution in [-0.4, -0.2) is 45.0 Å². The lowest BCUT2D eigenvalue weighted by Crippen LogP contribution is -2.70. The minimum atomic E-state index is -0.608. The first-order chi connectivity index (χ1) is 18.5. The van der Waals surface area contributed by atoms with Crippen molar-refractivity contribution >= 4 is 17.7 Å². The third-order valence-corrected chi connectivity index (χ3v) is 10.4. The summed E-state index contributed by atoms with van der Waals surface area (Å²) < 4.78 is 24.1. The molecule has 194 valence electrons. The molecule has 0 radical (unpaired) electrons. The van der Waals surface area contributed by atoms with Gasteiger partial charge in [0.25, 0.3) is 5.91 Å². The second-order valence-electron chi connectivity index (χ2n) is 11.0. The van der Waals surface area contributed by atoms with Crippen LogP contribution in [-0.2, 0) is 10.5 Å². The Morgan fingerprint density at radius 2 is 1.95 bits per heavy atom. The molecule has 6 heterocycles. The summed E-state index contributed by atoms with van der Waals surface area (Å²) in [7, 11) is 0. The lowest BCUT2D eigenvalue weighted by molar-refractivity contribution is -0.0757. The van der Waals surface area contributed by atoms with Gasteiger partial charge in [0.05, 0.1) is 11.7 Å². The van der Waals surface area contributed by atoms with E-state index in [-0.39, 0.29) is 35.0 Å². The van der Waals surface area contributed by atoms with Crippen molar-refractivity contribution in [3.8, 4) is 5.75 Å². The van der Waals surface area contributed by atoms with Gasteiger partial charge in [-0.05, 0) is 48.9 Å². The number of ether oxygens (including phenoxy) is 1. The largest absolute Gasteiger partial charge is 0.502 e. The molecule has 0 aliphatic carbocycles. The van der Waals surface area contributed by atoms with E-state index in [0.717, 1.165) is 35.3 Å². The first-order valence-electron chi connectivity index (χ1n) is 13.2. The average molecular weight is 532 g/mol. The van der Waals surface area contributed by atoms with Crippen LogP contribution >= 0.6 is 11.8 Å². The average Bonchev–Trinajstić information content (AvgIpc) is 3.45. The number of piperidine rings is 1. The van der Waals surface area contributed by atoms with Gasteiger partial charge in [0.2, 0.25) is 5.43 Å². The smallest absolute Gasteiger partial charge is 0.278 e. The Morgan fingerprint density at radius 1 is 1.08 bits per heavy atom. The molecular weight excluding hydrogens is 505 g/mol. The van der Waals surface area contributed by atoms with E-state index in [4.69, 9.17) is 4.74 Å². The van der Waals surface area contributed by atoms with Crippen molar-refractivity contribution in [1.82, 2.24) is 9.58 Å². The summed E-state index contributed by atoms with van der Waals surface area (Å²) in [4.78, 5) is 29.3.